The first-order chi connectivity index (χ1) is 18.7. The Morgan fingerprint density at radius 2 is 1.53 bits per heavy atom. The van der Waals surface area contributed by atoms with Gasteiger partial charge in [-0.1, -0.05) is 48.5 Å². The van der Waals surface area contributed by atoms with E-state index in [9.17, 15) is 21.0 Å². The van der Waals surface area contributed by atoms with E-state index in [2.05, 4.69) is 4.98 Å². The minimum absolute atomic E-state index is 0.00382. The second-order valence-corrected chi connectivity index (χ2v) is 8.93. The van der Waals surface area contributed by atoms with E-state index in [0.717, 1.165) is 21.9 Å². The van der Waals surface area contributed by atoms with Crippen LogP contribution in [0.4, 0.5) is 5.69 Å². The van der Waals surface area contributed by atoms with E-state index >= 15 is 0 Å². The molecule has 0 saturated heterocycles. The zero-order valence-corrected chi connectivity index (χ0v) is 19.5. The number of fused-ring (bicyclic) bond motifs is 7. The topological polar surface area (TPSA) is 149 Å². The van der Waals surface area contributed by atoms with E-state index in [4.69, 9.17) is 15.0 Å². The summed E-state index contributed by atoms with van der Waals surface area (Å²) in [5, 5.41) is 42.6. The van der Waals surface area contributed by atoms with Crippen LogP contribution < -0.4 is 10.6 Å². The zero-order valence-electron chi connectivity index (χ0n) is 19.5. The van der Waals surface area contributed by atoms with Crippen LogP contribution in [0.15, 0.2) is 76.2 Å². The lowest BCUT2D eigenvalue weighted by Gasteiger charge is -2.14. The number of nitrogens with one attached hydrogen (secondary N) is 1. The molecule has 8 nitrogen and oxygen atoms in total. The Hall–Kier alpha value is -6.09. The van der Waals surface area contributed by atoms with Crippen LogP contribution >= 0.6 is 0 Å². The van der Waals surface area contributed by atoms with Crippen LogP contribution in [0.5, 0.6) is 0 Å². The highest BCUT2D eigenvalue weighted by Crippen LogP contribution is 2.43. The van der Waals surface area contributed by atoms with Crippen molar-refractivity contribution in [2.75, 3.05) is 0 Å². The van der Waals surface area contributed by atoms with Gasteiger partial charge in [0, 0.05) is 16.2 Å². The predicted octanol–water partition coefficient (Wildman–Crippen LogP) is 3.90. The van der Waals surface area contributed by atoms with E-state index in [1.165, 1.54) is 0 Å². The minimum atomic E-state index is -0.436. The number of H-pyrrole nitrogens is 1. The smallest absolute Gasteiger partial charge is 0.139 e. The molecule has 0 spiro atoms. The summed E-state index contributed by atoms with van der Waals surface area (Å²) in [5.74, 6) is 0. The Labute approximate surface area is 214 Å². The van der Waals surface area contributed by atoms with Crippen molar-refractivity contribution in [2.24, 2.45) is 9.98 Å². The molecule has 7 rings (SSSR count). The second-order valence-electron chi connectivity index (χ2n) is 8.93. The molecule has 2 aliphatic carbocycles. The van der Waals surface area contributed by atoms with Crippen molar-refractivity contribution in [2.45, 2.75) is 6.04 Å². The van der Waals surface area contributed by atoms with Gasteiger partial charge in [0.25, 0.3) is 0 Å². The molecule has 0 bridgehead atoms. The van der Waals surface area contributed by atoms with Crippen molar-refractivity contribution in [1.82, 2.24) is 9.97 Å². The largest absolute Gasteiger partial charge is 0.351 e. The van der Waals surface area contributed by atoms with Gasteiger partial charge in [-0.05, 0) is 28.6 Å². The summed E-state index contributed by atoms with van der Waals surface area (Å²) < 4.78 is 0. The fourth-order valence-corrected chi connectivity index (χ4v) is 5.44. The Morgan fingerprint density at radius 1 is 0.816 bits per heavy atom. The fraction of sp³-hybridized carbons (Fsp3) is 0.0333. The van der Waals surface area contributed by atoms with Crippen LogP contribution in [-0.4, -0.2) is 15.7 Å². The first-order valence-corrected chi connectivity index (χ1v) is 11.7. The third kappa shape index (κ3) is 2.72. The monoisotopic (exact) mass is 484 g/mol. The van der Waals surface area contributed by atoms with Gasteiger partial charge in [0.1, 0.15) is 41.5 Å². The van der Waals surface area contributed by atoms with Crippen molar-refractivity contribution >= 4 is 44.4 Å². The van der Waals surface area contributed by atoms with Crippen molar-refractivity contribution in [3.05, 3.63) is 98.6 Å². The molecule has 172 valence electrons. The second kappa shape index (κ2) is 7.70. The third-order valence-corrected chi connectivity index (χ3v) is 7.02. The van der Waals surface area contributed by atoms with Gasteiger partial charge in [-0.25, -0.2) is 9.98 Å². The number of nitrogens with zero attached hydrogens (tertiary/aromatic N) is 7. The third-order valence-electron chi connectivity index (χ3n) is 7.02. The Balaban J connectivity index is 1.58. The van der Waals surface area contributed by atoms with Crippen molar-refractivity contribution in [1.29, 1.82) is 21.0 Å². The van der Waals surface area contributed by atoms with Gasteiger partial charge in [0.15, 0.2) is 0 Å². The molecule has 0 aromatic heterocycles. The number of rotatable bonds is 0. The molecule has 0 amide bonds. The molecule has 2 aliphatic heterocycles. The summed E-state index contributed by atoms with van der Waals surface area (Å²) in [6.07, 6.45) is 0. The molecule has 1 N–H and O–H groups in total. The summed E-state index contributed by atoms with van der Waals surface area (Å²) >= 11 is 0. The highest BCUT2D eigenvalue weighted by molar-refractivity contribution is 6.33. The van der Waals surface area contributed by atoms with Gasteiger partial charge in [-0.3, -0.25) is 4.99 Å². The molecule has 38 heavy (non-hydrogen) atoms. The van der Waals surface area contributed by atoms with E-state index in [1.807, 2.05) is 84.9 Å². The molecule has 1 unspecified atom stereocenters. The Bertz CT molecular complexity index is 2310. The number of benzene rings is 3. The number of hydrogen-bond donors (Lipinski definition) is 1. The standard InChI is InChI=1S/C30H12N8/c31-11-15(12-32)25-17-5-1-3-7-19(17)27-29(25)37-23-10-22-24(9-21(23)35-27)38-30-26(16(13-33)14-34)18-6-2-4-8-20(18)28(30)36-22/h1-10,27,38H. The number of nitriles is 4. The lowest BCUT2D eigenvalue weighted by Crippen LogP contribution is -2.17. The van der Waals surface area contributed by atoms with Crippen LogP contribution in [0.25, 0.3) is 33.0 Å². The number of aromatic nitrogens is 2. The van der Waals surface area contributed by atoms with E-state index in [-0.39, 0.29) is 11.1 Å². The fourth-order valence-electron chi connectivity index (χ4n) is 5.44. The Morgan fingerprint density at radius 3 is 2.29 bits per heavy atom. The van der Waals surface area contributed by atoms with Gasteiger partial charge in [-0.2, -0.15) is 21.0 Å². The number of aliphatic imine (C=N–C) groups is 1. The Kier molecular flexibility index (Phi) is 4.30. The number of allylic oxidation sites excluding steroid dienone is 1. The average molecular weight is 484 g/mol. The quantitative estimate of drug-likeness (QED) is 0.331. The number of hydrogen-bond acceptors (Lipinski definition) is 7. The average Bonchev–Trinajstić information content (AvgIpc) is 3.44. The maximum absolute atomic E-state index is 9.63. The van der Waals surface area contributed by atoms with Crippen LogP contribution in [-0.2, 0) is 0 Å². The molecule has 8 heteroatoms. The van der Waals surface area contributed by atoms with Gasteiger partial charge < -0.3 is 4.98 Å². The van der Waals surface area contributed by atoms with Gasteiger partial charge in [0.05, 0.1) is 38.5 Å². The first kappa shape index (κ1) is 21.2. The highest BCUT2D eigenvalue weighted by atomic mass is 14.9. The molecule has 3 aromatic rings. The van der Waals surface area contributed by atoms with Crippen LogP contribution in [0, 0.1) is 56.0 Å². The lowest BCUT2D eigenvalue weighted by molar-refractivity contribution is 0.920. The van der Waals surface area contributed by atoms with E-state index in [0.29, 0.717) is 49.3 Å². The van der Waals surface area contributed by atoms with E-state index < -0.39 is 6.04 Å². The van der Waals surface area contributed by atoms with Crippen LogP contribution in [0.2, 0.25) is 0 Å². The molecule has 2 heterocycles. The summed E-state index contributed by atoms with van der Waals surface area (Å²) in [5.41, 5.74) is 4.68. The van der Waals surface area contributed by atoms with Gasteiger partial charge in [-0.15, -0.1) is 0 Å². The van der Waals surface area contributed by atoms with Crippen LogP contribution in [0.3, 0.4) is 0 Å². The molecule has 0 saturated carbocycles. The molecular weight excluding hydrogens is 472 g/mol. The van der Waals surface area contributed by atoms with Gasteiger partial charge >= 0.3 is 0 Å². The van der Waals surface area contributed by atoms with Crippen molar-refractivity contribution < 1.29 is 0 Å². The summed E-state index contributed by atoms with van der Waals surface area (Å²) in [6.45, 7) is 0. The summed E-state index contributed by atoms with van der Waals surface area (Å²) in [7, 11) is 0. The molecule has 3 aromatic carbocycles. The maximum atomic E-state index is 9.63. The minimum Gasteiger partial charge on any atom is -0.351 e. The van der Waals surface area contributed by atoms with Crippen LogP contribution in [0.1, 0.15) is 17.2 Å². The summed E-state index contributed by atoms with van der Waals surface area (Å²) in [6, 6.07) is 26.4. The first-order valence-electron chi connectivity index (χ1n) is 11.7. The number of aromatic amines is 1. The van der Waals surface area contributed by atoms with Crippen molar-refractivity contribution in [3.63, 3.8) is 0 Å². The van der Waals surface area contributed by atoms with E-state index in [1.54, 1.807) is 0 Å². The molecule has 4 aliphatic rings. The predicted molar refractivity (Wildman–Crippen MR) is 139 cm³/mol. The molecule has 0 radical (unpaired) electrons. The summed E-state index contributed by atoms with van der Waals surface area (Å²) in [4.78, 5) is 18.2. The molecule has 0 fully saturated rings. The highest BCUT2D eigenvalue weighted by Gasteiger charge is 2.36. The normalized spacial score (nSPS) is 14.8. The molecular formula is C30H12N8. The lowest BCUT2D eigenvalue weighted by atomic mass is 10.0. The maximum Gasteiger partial charge on any atom is 0.139 e. The zero-order chi connectivity index (χ0) is 26.0. The SMILES string of the molecule is N#CC(C#N)=C1C2=Nc3cc4nc5c6ccccc6c(=C(C#N)C#N)c=5[nH]c4cc3=NC2c2ccccc21. The molecule has 1 atom stereocenters. The van der Waals surface area contributed by atoms with Gasteiger partial charge in [0.2, 0.25) is 0 Å². The van der Waals surface area contributed by atoms with Crippen molar-refractivity contribution in [3.8, 4) is 24.3 Å².